The van der Waals surface area contributed by atoms with Crippen LogP contribution in [0.15, 0.2) is 87.5 Å². The standard InChI is InChI=1S/C24H24N2O4S2/c1-30-22-14-13-19(32(28,29)26-15-7-8-16-26)17-20(22)24(27)25-21-11-5-6-12-23(21)31-18-9-3-2-4-10-18/h2-6,9-14,17H,7-8,15-16H2,1H3,(H,25,27). The average Bonchev–Trinajstić information content (AvgIpc) is 3.36. The minimum atomic E-state index is -3.65. The monoisotopic (exact) mass is 468 g/mol. The maximum absolute atomic E-state index is 13.2. The summed E-state index contributed by atoms with van der Waals surface area (Å²) in [6, 6.07) is 21.8. The van der Waals surface area contributed by atoms with Crippen LogP contribution in [0.25, 0.3) is 0 Å². The second-order valence-corrected chi connectivity index (χ2v) is 10.4. The molecule has 1 amide bonds. The van der Waals surface area contributed by atoms with Gasteiger partial charge in [-0.1, -0.05) is 42.1 Å². The van der Waals surface area contributed by atoms with Crippen LogP contribution < -0.4 is 10.1 Å². The molecular weight excluding hydrogens is 444 g/mol. The van der Waals surface area contributed by atoms with Crippen molar-refractivity contribution in [1.82, 2.24) is 4.31 Å². The molecule has 1 aliphatic rings. The molecule has 6 nitrogen and oxygen atoms in total. The second kappa shape index (κ2) is 9.77. The van der Waals surface area contributed by atoms with Crippen LogP contribution in [0.5, 0.6) is 5.75 Å². The second-order valence-electron chi connectivity index (χ2n) is 7.34. The number of hydrogen-bond donors (Lipinski definition) is 1. The van der Waals surface area contributed by atoms with E-state index in [4.69, 9.17) is 4.74 Å². The smallest absolute Gasteiger partial charge is 0.259 e. The van der Waals surface area contributed by atoms with E-state index in [0.717, 1.165) is 22.6 Å². The van der Waals surface area contributed by atoms with Gasteiger partial charge in [0.25, 0.3) is 5.91 Å². The number of amides is 1. The van der Waals surface area contributed by atoms with Crippen molar-refractivity contribution in [2.45, 2.75) is 27.5 Å². The number of carbonyl (C=O) groups is 1. The summed E-state index contributed by atoms with van der Waals surface area (Å²) in [6.07, 6.45) is 1.69. The summed E-state index contributed by atoms with van der Waals surface area (Å²) < 4.78 is 32.8. The van der Waals surface area contributed by atoms with Crippen molar-refractivity contribution in [3.63, 3.8) is 0 Å². The fraction of sp³-hybridized carbons (Fsp3) is 0.208. The van der Waals surface area contributed by atoms with Crippen molar-refractivity contribution in [3.05, 3.63) is 78.4 Å². The Balaban J connectivity index is 1.62. The lowest BCUT2D eigenvalue weighted by Gasteiger charge is -2.17. The first-order valence-corrected chi connectivity index (χ1v) is 12.6. The summed E-state index contributed by atoms with van der Waals surface area (Å²) in [5.74, 6) is -0.113. The lowest BCUT2D eigenvalue weighted by atomic mass is 10.2. The van der Waals surface area contributed by atoms with Gasteiger partial charge in [-0.15, -0.1) is 0 Å². The number of methoxy groups -OCH3 is 1. The minimum absolute atomic E-state index is 0.0947. The Labute approximate surface area is 192 Å². The van der Waals surface area contributed by atoms with Crippen molar-refractivity contribution in [3.8, 4) is 5.75 Å². The number of nitrogens with one attached hydrogen (secondary N) is 1. The van der Waals surface area contributed by atoms with Crippen LogP contribution in [0.2, 0.25) is 0 Å². The molecule has 0 aromatic heterocycles. The molecule has 3 aromatic carbocycles. The summed E-state index contributed by atoms with van der Waals surface area (Å²) in [4.78, 5) is 15.2. The molecule has 0 bridgehead atoms. The Bertz CT molecular complexity index is 1210. The number of nitrogens with zero attached hydrogens (tertiary/aromatic N) is 1. The Kier molecular flexibility index (Phi) is 6.83. The van der Waals surface area contributed by atoms with Gasteiger partial charge < -0.3 is 10.1 Å². The predicted octanol–water partition coefficient (Wildman–Crippen LogP) is 4.88. The number of benzene rings is 3. The van der Waals surface area contributed by atoms with Crippen LogP contribution >= 0.6 is 11.8 Å². The molecule has 1 aliphatic heterocycles. The van der Waals surface area contributed by atoms with E-state index in [1.807, 2.05) is 54.6 Å². The molecule has 0 radical (unpaired) electrons. The van der Waals surface area contributed by atoms with Gasteiger partial charge in [0.1, 0.15) is 5.75 Å². The molecule has 1 heterocycles. The zero-order valence-electron chi connectivity index (χ0n) is 17.7. The van der Waals surface area contributed by atoms with Gasteiger partial charge in [-0.05, 0) is 55.3 Å². The highest BCUT2D eigenvalue weighted by Gasteiger charge is 2.28. The molecule has 0 aliphatic carbocycles. The summed E-state index contributed by atoms with van der Waals surface area (Å²) >= 11 is 1.54. The minimum Gasteiger partial charge on any atom is -0.496 e. The van der Waals surface area contributed by atoms with Crippen LogP contribution in [-0.2, 0) is 10.0 Å². The molecule has 0 spiro atoms. The molecule has 166 valence electrons. The molecule has 1 saturated heterocycles. The molecule has 3 aromatic rings. The first-order valence-electron chi connectivity index (χ1n) is 10.3. The third-order valence-corrected chi connectivity index (χ3v) is 8.20. The van der Waals surface area contributed by atoms with E-state index in [2.05, 4.69) is 5.32 Å². The molecule has 1 N–H and O–H groups in total. The van der Waals surface area contributed by atoms with E-state index < -0.39 is 15.9 Å². The maximum Gasteiger partial charge on any atom is 0.259 e. The van der Waals surface area contributed by atoms with Crippen LogP contribution in [0.4, 0.5) is 5.69 Å². The summed E-state index contributed by atoms with van der Waals surface area (Å²) in [7, 11) is -2.19. The van der Waals surface area contributed by atoms with Gasteiger partial charge in [0.2, 0.25) is 10.0 Å². The molecular formula is C24H24N2O4S2. The van der Waals surface area contributed by atoms with E-state index >= 15 is 0 Å². The Morgan fingerprint density at radius 3 is 2.38 bits per heavy atom. The highest BCUT2D eigenvalue weighted by molar-refractivity contribution is 7.99. The normalized spacial score (nSPS) is 14.3. The van der Waals surface area contributed by atoms with Gasteiger partial charge in [0, 0.05) is 22.9 Å². The third kappa shape index (κ3) is 4.82. The summed E-state index contributed by atoms with van der Waals surface area (Å²) in [5, 5.41) is 2.92. The van der Waals surface area contributed by atoms with Crippen molar-refractivity contribution in [2.75, 3.05) is 25.5 Å². The molecule has 32 heavy (non-hydrogen) atoms. The molecule has 0 saturated carbocycles. The van der Waals surface area contributed by atoms with Crippen molar-refractivity contribution in [2.24, 2.45) is 0 Å². The highest BCUT2D eigenvalue weighted by Crippen LogP contribution is 2.34. The van der Waals surface area contributed by atoms with Gasteiger partial charge in [-0.3, -0.25) is 4.79 Å². The van der Waals surface area contributed by atoms with Crippen LogP contribution in [0.3, 0.4) is 0 Å². The molecule has 0 atom stereocenters. The number of anilines is 1. The Morgan fingerprint density at radius 1 is 0.969 bits per heavy atom. The molecule has 0 unspecified atom stereocenters. The van der Waals surface area contributed by atoms with Crippen molar-refractivity contribution in [1.29, 1.82) is 0 Å². The number of rotatable bonds is 7. The maximum atomic E-state index is 13.2. The number of sulfonamides is 1. The zero-order valence-corrected chi connectivity index (χ0v) is 19.3. The van der Waals surface area contributed by atoms with Crippen molar-refractivity contribution < 1.29 is 17.9 Å². The number of hydrogen-bond acceptors (Lipinski definition) is 5. The first kappa shape index (κ1) is 22.4. The number of ether oxygens (including phenoxy) is 1. The average molecular weight is 469 g/mol. The molecule has 4 rings (SSSR count). The topological polar surface area (TPSA) is 75.7 Å². The highest BCUT2D eigenvalue weighted by atomic mass is 32.2. The number of carbonyl (C=O) groups excluding carboxylic acids is 1. The zero-order chi connectivity index (χ0) is 22.6. The van der Waals surface area contributed by atoms with E-state index in [9.17, 15) is 13.2 Å². The van der Waals surface area contributed by atoms with Gasteiger partial charge >= 0.3 is 0 Å². The fourth-order valence-corrected chi connectivity index (χ4v) is 6.03. The summed E-state index contributed by atoms with van der Waals surface area (Å²) in [6.45, 7) is 1.000. The first-order chi connectivity index (χ1) is 15.5. The Morgan fingerprint density at radius 2 is 1.66 bits per heavy atom. The molecule has 1 fully saturated rings. The van der Waals surface area contributed by atoms with E-state index in [1.54, 1.807) is 0 Å². The van der Waals surface area contributed by atoms with Gasteiger partial charge in [-0.25, -0.2) is 8.42 Å². The van der Waals surface area contributed by atoms with E-state index in [0.29, 0.717) is 24.5 Å². The molecule has 8 heteroatoms. The predicted molar refractivity (Wildman–Crippen MR) is 126 cm³/mol. The third-order valence-electron chi connectivity index (χ3n) is 5.22. The fourth-order valence-electron chi connectivity index (χ4n) is 3.57. The summed E-state index contributed by atoms with van der Waals surface area (Å²) in [5.41, 5.74) is 0.813. The number of para-hydroxylation sites is 1. The van der Waals surface area contributed by atoms with E-state index in [-0.39, 0.29) is 10.5 Å². The van der Waals surface area contributed by atoms with Crippen LogP contribution in [0, 0.1) is 0 Å². The SMILES string of the molecule is COc1ccc(S(=O)(=O)N2CCCC2)cc1C(=O)Nc1ccccc1Sc1ccccc1. The van der Waals surface area contributed by atoms with E-state index in [1.165, 1.54) is 41.4 Å². The quantitative estimate of drug-likeness (QED) is 0.535. The van der Waals surface area contributed by atoms with Gasteiger partial charge in [-0.2, -0.15) is 4.31 Å². The largest absolute Gasteiger partial charge is 0.496 e. The lowest BCUT2D eigenvalue weighted by molar-refractivity contribution is 0.102. The van der Waals surface area contributed by atoms with Crippen molar-refractivity contribution >= 4 is 33.4 Å². The van der Waals surface area contributed by atoms with Crippen LogP contribution in [0.1, 0.15) is 23.2 Å². The van der Waals surface area contributed by atoms with Gasteiger partial charge in [0.05, 0.1) is 23.3 Å². The van der Waals surface area contributed by atoms with Gasteiger partial charge in [0.15, 0.2) is 0 Å². The Hall–Kier alpha value is -2.81. The lowest BCUT2D eigenvalue weighted by Crippen LogP contribution is -2.28. The van der Waals surface area contributed by atoms with Crippen LogP contribution in [-0.4, -0.2) is 38.8 Å².